The van der Waals surface area contributed by atoms with Gasteiger partial charge in [-0.1, -0.05) is 13.0 Å². The van der Waals surface area contributed by atoms with E-state index >= 15 is 0 Å². The molecule has 9 heteroatoms. The molecule has 1 aliphatic rings. The van der Waals surface area contributed by atoms with Crippen LogP contribution in [0.3, 0.4) is 0 Å². The maximum Gasteiger partial charge on any atom is 0.416 e. The molecule has 4 rings (SSSR count). The molecule has 27 heavy (non-hydrogen) atoms. The molecule has 1 aliphatic heterocycles. The third-order valence-corrected chi connectivity index (χ3v) is 4.86. The van der Waals surface area contributed by atoms with Gasteiger partial charge >= 0.3 is 6.18 Å². The summed E-state index contributed by atoms with van der Waals surface area (Å²) in [5.41, 5.74) is 1.02. The lowest BCUT2D eigenvalue weighted by Gasteiger charge is -2.15. The molecule has 0 bridgehead atoms. The number of rotatable bonds is 2. The molecule has 1 aromatic carbocycles. The number of aromatic nitrogens is 4. The summed E-state index contributed by atoms with van der Waals surface area (Å²) in [5.74, 6) is 0.566. The van der Waals surface area contributed by atoms with Crippen LogP contribution in [0.1, 0.15) is 42.0 Å². The lowest BCUT2D eigenvalue weighted by Crippen LogP contribution is -2.13. The molecule has 2 aromatic heterocycles. The second-order valence-electron chi connectivity index (χ2n) is 6.01. The zero-order valence-corrected chi connectivity index (χ0v) is 15.7. The van der Waals surface area contributed by atoms with Crippen LogP contribution in [0.15, 0.2) is 52.3 Å². The molecule has 0 saturated carbocycles. The van der Waals surface area contributed by atoms with Crippen LogP contribution >= 0.6 is 15.9 Å². The van der Waals surface area contributed by atoms with E-state index in [0.29, 0.717) is 39.6 Å². The molecule has 0 N–H and O–H groups in total. The smallest absolute Gasteiger partial charge is 0.271 e. The largest absolute Gasteiger partial charge is 0.416 e. The fourth-order valence-corrected chi connectivity index (χ4v) is 3.53. The van der Waals surface area contributed by atoms with Crippen molar-refractivity contribution in [3.8, 4) is 5.69 Å². The molecule has 1 atom stereocenters. The van der Waals surface area contributed by atoms with Crippen molar-refractivity contribution in [3.63, 3.8) is 0 Å². The Hall–Kier alpha value is -2.55. The molecule has 0 amide bonds. The molecular weight excluding hydrogens is 423 g/mol. The van der Waals surface area contributed by atoms with Crippen molar-refractivity contribution in [1.82, 2.24) is 19.7 Å². The maximum absolute atomic E-state index is 13.4. The van der Waals surface area contributed by atoms with E-state index in [0.717, 1.165) is 12.1 Å². The van der Waals surface area contributed by atoms with Gasteiger partial charge in [0, 0.05) is 11.8 Å². The van der Waals surface area contributed by atoms with E-state index in [4.69, 9.17) is 4.99 Å². The Labute approximate surface area is 161 Å². The van der Waals surface area contributed by atoms with Crippen LogP contribution in [-0.2, 0) is 6.18 Å². The molecule has 3 aromatic rings. The van der Waals surface area contributed by atoms with Crippen LogP contribution in [0.5, 0.6) is 0 Å². The first-order chi connectivity index (χ1) is 12.9. The van der Waals surface area contributed by atoms with Gasteiger partial charge in [-0.15, -0.1) is 10.2 Å². The first-order valence-electron chi connectivity index (χ1n) is 8.22. The second-order valence-corrected chi connectivity index (χ2v) is 6.72. The van der Waals surface area contributed by atoms with Crippen LogP contribution in [0.25, 0.3) is 5.69 Å². The minimum Gasteiger partial charge on any atom is -0.271 e. The first kappa shape index (κ1) is 17.8. The highest BCUT2D eigenvalue weighted by Crippen LogP contribution is 2.37. The van der Waals surface area contributed by atoms with E-state index in [1.807, 2.05) is 6.92 Å². The van der Waals surface area contributed by atoms with Gasteiger partial charge in [0.05, 0.1) is 22.7 Å². The molecule has 0 radical (unpaired) electrons. The second kappa shape index (κ2) is 6.56. The lowest BCUT2D eigenvalue weighted by molar-refractivity contribution is -0.137. The van der Waals surface area contributed by atoms with Crippen molar-refractivity contribution < 1.29 is 13.2 Å². The zero-order valence-electron chi connectivity index (χ0n) is 14.1. The SMILES string of the molecule is CCC1N=C(c2ccccn2)c2cc(C(F)(F)F)ccc2-n2c(Br)nnc21. The van der Waals surface area contributed by atoms with Crippen molar-refractivity contribution in [1.29, 1.82) is 0 Å². The fourth-order valence-electron chi connectivity index (χ4n) is 3.08. The highest BCUT2D eigenvalue weighted by molar-refractivity contribution is 9.10. The van der Waals surface area contributed by atoms with E-state index in [2.05, 4.69) is 31.1 Å². The summed E-state index contributed by atoms with van der Waals surface area (Å²) in [7, 11) is 0. The molecule has 0 spiro atoms. The number of hydrogen-bond donors (Lipinski definition) is 0. The average molecular weight is 436 g/mol. The number of halogens is 4. The van der Waals surface area contributed by atoms with Crippen molar-refractivity contribution >= 4 is 21.6 Å². The van der Waals surface area contributed by atoms with Gasteiger partial charge in [0.2, 0.25) is 4.73 Å². The molecule has 0 aliphatic carbocycles. The topological polar surface area (TPSA) is 56.0 Å². The summed E-state index contributed by atoms with van der Waals surface area (Å²) in [6.45, 7) is 1.94. The monoisotopic (exact) mass is 435 g/mol. The number of hydrogen-bond acceptors (Lipinski definition) is 4. The summed E-state index contributed by atoms with van der Waals surface area (Å²) >= 11 is 3.35. The summed E-state index contributed by atoms with van der Waals surface area (Å²) in [5, 5.41) is 8.21. The summed E-state index contributed by atoms with van der Waals surface area (Å²) in [6.07, 6.45) is -2.26. The Bertz CT molecular complexity index is 1030. The third kappa shape index (κ3) is 3.05. The predicted octanol–water partition coefficient (Wildman–Crippen LogP) is 4.75. The fraction of sp³-hybridized carbons (Fsp3) is 0.222. The first-order valence-corrected chi connectivity index (χ1v) is 9.01. The van der Waals surface area contributed by atoms with Gasteiger partial charge in [-0.05, 0) is 52.7 Å². The number of pyridine rings is 1. The van der Waals surface area contributed by atoms with E-state index in [1.165, 1.54) is 6.07 Å². The van der Waals surface area contributed by atoms with Crippen molar-refractivity contribution in [2.45, 2.75) is 25.6 Å². The average Bonchev–Trinajstić information content (AvgIpc) is 2.96. The third-order valence-electron chi connectivity index (χ3n) is 4.35. The predicted molar refractivity (Wildman–Crippen MR) is 97.0 cm³/mol. The Morgan fingerprint density at radius 2 is 1.96 bits per heavy atom. The van der Waals surface area contributed by atoms with Gasteiger partial charge in [-0.2, -0.15) is 13.2 Å². The molecule has 0 saturated heterocycles. The molecule has 138 valence electrons. The number of aliphatic imine (C=N–C) groups is 1. The van der Waals surface area contributed by atoms with E-state index < -0.39 is 11.7 Å². The van der Waals surface area contributed by atoms with Crippen LogP contribution < -0.4 is 0 Å². The molecule has 5 nitrogen and oxygen atoms in total. The van der Waals surface area contributed by atoms with Crippen molar-refractivity contribution in [2.75, 3.05) is 0 Å². The van der Waals surface area contributed by atoms with Gasteiger partial charge in [0.25, 0.3) is 0 Å². The lowest BCUT2D eigenvalue weighted by atomic mass is 10.0. The number of fused-ring (bicyclic) bond motifs is 3. The van der Waals surface area contributed by atoms with Gasteiger partial charge in [0.15, 0.2) is 5.82 Å². The normalized spacial score (nSPS) is 16.3. The number of alkyl halides is 3. The van der Waals surface area contributed by atoms with Crippen LogP contribution in [0.4, 0.5) is 13.2 Å². The molecule has 1 unspecified atom stereocenters. The van der Waals surface area contributed by atoms with Crippen molar-refractivity contribution in [3.05, 3.63) is 70.0 Å². The van der Waals surface area contributed by atoms with Gasteiger partial charge < -0.3 is 0 Å². The zero-order chi connectivity index (χ0) is 19.2. The Morgan fingerprint density at radius 3 is 2.63 bits per heavy atom. The number of benzene rings is 1. The van der Waals surface area contributed by atoms with E-state index in [9.17, 15) is 13.2 Å². The summed E-state index contributed by atoms with van der Waals surface area (Å²) < 4.78 is 42.2. The van der Waals surface area contributed by atoms with E-state index in [1.54, 1.807) is 29.0 Å². The summed E-state index contributed by atoms with van der Waals surface area (Å²) in [4.78, 5) is 9.03. The highest BCUT2D eigenvalue weighted by atomic mass is 79.9. The maximum atomic E-state index is 13.4. The highest BCUT2D eigenvalue weighted by Gasteiger charge is 2.34. The van der Waals surface area contributed by atoms with Crippen LogP contribution in [0.2, 0.25) is 0 Å². The standard InChI is InChI=1S/C18H13BrF3N5/c1-2-12-16-25-26-17(19)27(16)14-7-6-10(18(20,21)22)9-11(14)15(24-12)13-5-3-4-8-23-13/h3-9,12H,2H2,1H3. The quantitative estimate of drug-likeness (QED) is 0.583. The molecule has 3 heterocycles. The Balaban J connectivity index is 2.06. The van der Waals surface area contributed by atoms with Crippen LogP contribution in [-0.4, -0.2) is 25.5 Å². The van der Waals surface area contributed by atoms with Gasteiger partial charge in [0.1, 0.15) is 6.04 Å². The minimum atomic E-state index is -4.46. The van der Waals surface area contributed by atoms with Crippen molar-refractivity contribution in [2.24, 2.45) is 4.99 Å². The Morgan fingerprint density at radius 1 is 1.15 bits per heavy atom. The molecule has 0 fully saturated rings. The Kier molecular flexibility index (Phi) is 4.33. The minimum absolute atomic E-state index is 0.334. The summed E-state index contributed by atoms with van der Waals surface area (Å²) in [6, 6.07) is 8.48. The van der Waals surface area contributed by atoms with E-state index in [-0.39, 0.29) is 6.04 Å². The molecular formula is C18H13BrF3N5. The van der Waals surface area contributed by atoms with Gasteiger partial charge in [-0.3, -0.25) is 14.5 Å². The number of nitrogens with zero attached hydrogens (tertiary/aromatic N) is 5. The van der Waals surface area contributed by atoms with Crippen LogP contribution in [0, 0.1) is 0 Å². The van der Waals surface area contributed by atoms with Gasteiger partial charge in [-0.25, -0.2) is 0 Å².